The smallest absolute Gasteiger partial charge is 0.242 e. The number of unbranched alkanes of at least 4 members (excludes halogenated alkanes) is 1. The van der Waals surface area contributed by atoms with Crippen molar-refractivity contribution < 1.29 is 9.32 Å². The van der Waals surface area contributed by atoms with Crippen LogP contribution in [-0.2, 0) is 4.79 Å². The first-order valence-corrected chi connectivity index (χ1v) is 9.15. The first-order valence-electron chi connectivity index (χ1n) is 9.15. The number of H-pyrrole nitrogens is 1. The number of aromatic amines is 1. The van der Waals surface area contributed by atoms with E-state index in [1.165, 1.54) is 0 Å². The molecule has 0 aromatic carbocycles. The van der Waals surface area contributed by atoms with Gasteiger partial charge in [0, 0.05) is 30.4 Å². The van der Waals surface area contributed by atoms with E-state index >= 15 is 0 Å². The zero-order valence-corrected chi connectivity index (χ0v) is 15.0. The van der Waals surface area contributed by atoms with E-state index in [4.69, 9.17) is 4.52 Å². The molecule has 0 aliphatic carbocycles. The van der Waals surface area contributed by atoms with Gasteiger partial charge in [-0.25, -0.2) is 0 Å². The van der Waals surface area contributed by atoms with Crippen LogP contribution in [0.15, 0.2) is 22.9 Å². The molecule has 1 aliphatic heterocycles. The summed E-state index contributed by atoms with van der Waals surface area (Å²) in [5, 5.41) is 13.9. The van der Waals surface area contributed by atoms with Gasteiger partial charge < -0.3 is 9.84 Å². The van der Waals surface area contributed by atoms with Gasteiger partial charge >= 0.3 is 0 Å². The number of rotatable bonds is 7. The lowest BCUT2D eigenvalue weighted by Crippen LogP contribution is -2.48. The molecular formula is C18H27N5O2. The second-order valence-corrected chi connectivity index (χ2v) is 6.82. The number of aryl methyl sites for hydroxylation is 1. The zero-order valence-electron chi connectivity index (χ0n) is 15.0. The third-order valence-electron chi connectivity index (χ3n) is 4.87. The number of likely N-dealkylation sites (tertiary alicyclic amines) is 1. The maximum absolute atomic E-state index is 12.9. The molecule has 0 unspecified atom stereocenters. The van der Waals surface area contributed by atoms with E-state index in [1.807, 2.05) is 13.0 Å². The molecule has 136 valence electrons. The van der Waals surface area contributed by atoms with Crippen molar-refractivity contribution in [3.63, 3.8) is 0 Å². The first-order chi connectivity index (χ1) is 12.2. The van der Waals surface area contributed by atoms with Crippen molar-refractivity contribution in [1.82, 2.24) is 20.3 Å². The van der Waals surface area contributed by atoms with Gasteiger partial charge in [0.2, 0.25) is 5.91 Å². The fraction of sp³-hybridized carbons (Fsp3) is 0.611. The van der Waals surface area contributed by atoms with Gasteiger partial charge in [0.1, 0.15) is 5.76 Å². The molecule has 1 fully saturated rings. The molecule has 0 radical (unpaired) electrons. The molecule has 2 aromatic rings. The number of hydrogen-bond donors (Lipinski definition) is 2. The molecule has 1 saturated heterocycles. The topological polar surface area (TPSA) is 87.1 Å². The molecule has 2 atom stereocenters. The Morgan fingerprint density at radius 1 is 1.56 bits per heavy atom. The van der Waals surface area contributed by atoms with Gasteiger partial charge in [-0.2, -0.15) is 5.10 Å². The highest BCUT2D eigenvalue weighted by molar-refractivity contribution is 5.94. The average Bonchev–Trinajstić information content (AvgIpc) is 3.27. The van der Waals surface area contributed by atoms with Gasteiger partial charge in [-0.05, 0) is 38.8 Å². The number of carbonyl (C=O) groups is 1. The summed E-state index contributed by atoms with van der Waals surface area (Å²) >= 11 is 0. The van der Waals surface area contributed by atoms with Gasteiger partial charge in [0.05, 0.1) is 6.04 Å². The van der Waals surface area contributed by atoms with Gasteiger partial charge in [-0.1, -0.05) is 24.9 Å². The third kappa shape index (κ3) is 4.48. The lowest BCUT2D eigenvalue weighted by molar-refractivity contribution is -0.122. The third-order valence-corrected chi connectivity index (χ3v) is 4.87. The van der Waals surface area contributed by atoms with Crippen molar-refractivity contribution >= 4 is 11.7 Å². The maximum Gasteiger partial charge on any atom is 0.242 e. The summed E-state index contributed by atoms with van der Waals surface area (Å²) < 4.78 is 5.05. The second kappa shape index (κ2) is 8.29. The molecule has 3 rings (SSSR count). The fourth-order valence-corrected chi connectivity index (χ4v) is 3.55. The number of hydrogen-bond acceptors (Lipinski definition) is 5. The summed E-state index contributed by atoms with van der Waals surface area (Å²) in [6, 6.07) is 3.65. The van der Waals surface area contributed by atoms with E-state index in [9.17, 15) is 4.79 Å². The highest BCUT2D eigenvalue weighted by Crippen LogP contribution is 2.28. The summed E-state index contributed by atoms with van der Waals surface area (Å²) in [4.78, 5) is 15.2. The van der Waals surface area contributed by atoms with Crippen LogP contribution in [0, 0.1) is 6.92 Å². The molecule has 7 nitrogen and oxygen atoms in total. The highest BCUT2D eigenvalue weighted by atomic mass is 16.5. The molecule has 3 heterocycles. The first kappa shape index (κ1) is 17.7. The summed E-state index contributed by atoms with van der Waals surface area (Å²) in [7, 11) is 0. The maximum atomic E-state index is 12.9. The lowest BCUT2D eigenvalue weighted by atomic mass is 9.92. The molecular weight excluding hydrogens is 318 g/mol. The van der Waals surface area contributed by atoms with Gasteiger partial charge in [-0.15, -0.1) is 0 Å². The standard InChI is InChI=1S/C18H27N5O2/c1-3-4-7-16(18(24)20-17-11-13(2)25-22-17)23-10-5-6-14(12-23)15-8-9-19-21-15/h8-9,11,14,16H,3-7,10,12H2,1-2H3,(H,19,21)(H,20,22,24)/t14-,16+/m0/s1. The average molecular weight is 345 g/mol. The molecule has 1 amide bonds. The van der Waals surface area contributed by atoms with E-state index in [0.717, 1.165) is 50.9 Å². The van der Waals surface area contributed by atoms with Crippen LogP contribution in [0.3, 0.4) is 0 Å². The zero-order chi connectivity index (χ0) is 17.6. The number of nitrogens with one attached hydrogen (secondary N) is 2. The molecule has 2 N–H and O–H groups in total. The predicted octanol–water partition coefficient (Wildman–Crippen LogP) is 3.08. The number of nitrogens with zero attached hydrogens (tertiary/aromatic N) is 3. The van der Waals surface area contributed by atoms with E-state index in [0.29, 0.717) is 17.5 Å². The minimum absolute atomic E-state index is 0.00649. The largest absolute Gasteiger partial charge is 0.360 e. The van der Waals surface area contributed by atoms with Crippen molar-refractivity contribution in [1.29, 1.82) is 0 Å². The summed E-state index contributed by atoms with van der Waals surface area (Å²) in [6.07, 6.45) is 6.97. The van der Waals surface area contributed by atoms with E-state index in [-0.39, 0.29) is 11.9 Å². The molecule has 1 aliphatic rings. The SMILES string of the molecule is CCCC[C@H](C(=O)Nc1cc(C)on1)N1CCC[C@H](c2ccn[nH]2)C1. The van der Waals surface area contributed by atoms with E-state index < -0.39 is 0 Å². The number of amides is 1. The molecule has 0 spiro atoms. The monoisotopic (exact) mass is 345 g/mol. The summed E-state index contributed by atoms with van der Waals surface area (Å²) in [5.41, 5.74) is 1.16. The minimum Gasteiger partial charge on any atom is -0.360 e. The lowest BCUT2D eigenvalue weighted by Gasteiger charge is -2.37. The Bertz CT molecular complexity index is 667. The number of anilines is 1. The molecule has 2 aromatic heterocycles. The Hall–Kier alpha value is -2.15. The van der Waals surface area contributed by atoms with E-state index in [1.54, 1.807) is 12.3 Å². The number of piperidine rings is 1. The quantitative estimate of drug-likeness (QED) is 0.805. The molecule has 0 saturated carbocycles. The van der Waals surface area contributed by atoms with Crippen LogP contribution < -0.4 is 5.32 Å². The van der Waals surface area contributed by atoms with Crippen LogP contribution in [0.1, 0.15) is 56.4 Å². The Morgan fingerprint density at radius 3 is 3.12 bits per heavy atom. The van der Waals surface area contributed by atoms with Crippen molar-refractivity contribution in [2.24, 2.45) is 0 Å². The number of carbonyl (C=O) groups excluding carboxylic acids is 1. The van der Waals surface area contributed by atoms with Crippen LogP contribution in [-0.4, -0.2) is 45.3 Å². The van der Waals surface area contributed by atoms with Crippen molar-refractivity contribution in [3.05, 3.63) is 29.8 Å². The Morgan fingerprint density at radius 2 is 2.44 bits per heavy atom. The minimum atomic E-state index is -0.136. The molecule has 25 heavy (non-hydrogen) atoms. The van der Waals surface area contributed by atoms with Gasteiger partial charge in [0.15, 0.2) is 5.82 Å². The second-order valence-electron chi connectivity index (χ2n) is 6.82. The van der Waals surface area contributed by atoms with E-state index in [2.05, 4.69) is 32.5 Å². The Balaban J connectivity index is 1.69. The van der Waals surface area contributed by atoms with Crippen LogP contribution in [0.25, 0.3) is 0 Å². The Kier molecular flexibility index (Phi) is 5.86. The van der Waals surface area contributed by atoms with Crippen LogP contribution in [0.4, 0.5) is 5.82 Å². The van der Waals surface area contributed by atoms with Crippen LogP contribution in [0.5, 0.6) is 0 Å². The van der Waals surface area contributed by atoms with Crippen LogP contribution in [0.2, 0.25) is 0 Å². The van der Waals surface area contributed by atoms with Crippen molar-refractivity contribution in [3.8, 4) is 0 Å². The van der Waals surface area contributed by atoms with Gasteiger partial charge in [0.25, 0.3) is 0 Å². The number of aromatic nitrogens is 3. The fourth-order valence-electron chi connectivity index (χ4n) is 3.55. The van der Waals surface area contributed by atoms with Crippen molar-refractivity contribution in [2.75, 3.05) is 18.4 Å². The highest BCUT2D eigenvalue weighted by Gasteiger charge is 2.31. The predicted molar refractivity (Wildman–Crippen MR) is 95.3 cm³/mol. The summed E-state index contributed by atoms with van der Waals surface area (Å²) in [6.45, 7) is 5.79. The van der Waals surface area contributed by atoms with Gasteiger partial charge in [-0.3, -0.25) is 14.8 Å². The Labute approximate surface area is 148 Å². The van der Waals surface area contributed by atoms with Crippen LogP contribution >= 0.6 is 0 Å². The summed E-state index contributed by atoms with van der Waals surface area (Å²) in [5.74, 6) is 1.60. The normalized spacial score (nSPS) is 19.7. The molecule has 0 bridgehead atoms. The molecule has 7 heteroatoms. The van der Waals surface area contributed by atoms with Crippen molar-refractivity contribution in [2.45, 2.75) is 57.9 Å².